The highest BCUT2D eigenvalue weighted by molar-refractivity contribution is 6.10. The zero-order valence-electron chi connectivity index (χ0n) is 18.0. The van der Waals surface area contributed by atoms with Crippen molar-refractivity contribution in [2.24, 2.45) is 0 Å². The van der Waals surface area contributed by atoms with E-state index in [1.807, 2.05) is 0 Å². The Kier molecular flexibility index (Phi) is 5.05. The first-order valence-electron chi connectivity index (χ1n) is 10.8. The molecule has 0 aliphatic heterocycles. The Bertz CT molecular complexity index is 1360. The van der Waals surface area contributed by atoms with Crippen LogP contribution in [0, 0.1) is 6.92 Å². The molecule has 1 heterocycles. The highest BCUT2D eigenvalue weighted by Gasteiger charge is 2.14. The van der Waals surface area contributed by atoms with Crippen LogP contribution in [0.3, 0.4) is 0 Å². The number of aromatic nitrogens is 1. The monoisotopic (exact) mass is 402 g/mol. The molecule has 31 heavy (non-hydrogen) atoms. The maximum absolute atomic E-state index is 3.60. The maximum atomic E-state index is 3.60. The molecule has 0 saturated heterocycles. The number of allylic oxidation sites excluding steroid dienone is 1. The van der Waals surface area contributed by atoms with Crippen molar-refractivity contribution >= 4 is 39.3 Å². The molecule has 2 nitrogen and oxygen atoms in total. The van der Waals surface area contributed by atoms with Crippen LogP contribution in [0.1, 0.15) is 23.6 Å². The quantitative estimate of drug-likeness (QED) is 0.315. The third-order valence-corrected chi connectivity index (χ3v) is 5.96. The molecule has 0 spiro atoms. The van der Waals surface area contributed by atoms with Crippen molar-refractivity contribution in [3.8, 4) is 0 Å². The largest absolute Gasteiger partial charge is 0.354 e. The average molecular weight is 403 g/mol. The highest BCUT2D eigenvalue weighted by atomic mass is 15.1. The molecule has 0 atom stereocenters. The predicted octanol–water partition coefficient (Wildman–Crippen LogP) is 8.00. The molecule has 4 aromatic carbocycles. The number of rotatable bonds is 5. The van der Waals surface area contributed by atoms with E-state index in [-0.39, 0.29) is 0 Å². The Morgan fingerprint density at radius 2 is 1.48 bits per heavy atom. The van der Waals surface area contributed by atoms with Gasteiger partial charge in [-0.3, -0.25) is 0 Å². The van der Waals surface area contributed by atoms with Gasteiger partial charge in [0.25, 0.3) is 0 Å². The lowest BCUT2D eigenvalue weighted by Crippen LogP contribution is -2.16. The van der Waals surface area contributed by atoms with Crippen LogP contribution in [0.25, 0.3) is 27.9 Å². The number of benzene rings is 4. The minimum Gasteiger partial charge on any atom is -0.354 e. The Hall–Kier alpha value is -3.78. The second-order valence-electron chi connectivity index (χ2n) is 7.96. The summed E-state index contributed by atoms with van der Waals surface area (Å²) in [6.45, 7) is 5.11. The zero-order valence-corrected chi connectivity index (χ0v) is 18.0. The fourth-order valence-electron chi connectivity index (χ4n) is 4.41. The molecule has 1 N–H and O–H groups in total. The average Bonchev–Trinajstić information content (AvgIpc) is 3.19. The number of hydrogen-bond donors (Lipinski definition) is 1. The summed E-state index contributed by atoms with van der Waals surface area (Å²) in [5.74, 6) is 0. The molecular weight excluding hydrogens is 376 g/mol. The number of nitrogens with one attached hydrogen (secondary N) is 1. The first kappa shape index (κ1) is 19.2. The van der Waals surface area contributed by atoms with Gasteiger partial charge in [0.05, 0.1) is 0 Å². The molecule has 0 unspecified atom stereocenters. The Balaban J connectivity index is 1.68. The lowest BCUT2D eigenvalue weighted by molar-refractivity contribution is 0.977. The van der Waals surface area contributed by atoms with Crippen LogP contribution in [0.2, 0.25) is 0 Å². The Labute approximate surface area is 183 Å². The van der Waals surface area contributed by atoms with Crippen molar-refractivity contribution in [1.29, 1.82) is 0 Å². The topological polar surface area (TPSA) is 19.0 Å². The van der Waals surface area contributed by atoms with E-state index < -0.39 is 0 Å². The van der Waals surface area contributed by atoms with Crippen LogP contribution in [0.5, 0.6) is 0 Å². The van der Waals surface area contributed by atoms with Crippen molar-refractivity contribution < 1.29 is 0 Å². The third kappa shape index (κ3) is 3.62. The van der Waals surface area contributed by atoms with Gasteiger partial charge in [-0.2, -0.15) is 0 Å². The van der Waals surface area contributed by atoms with Gasteiger partial charge in [0, 0.05) is 39.7 Å². The molecule has 0 aliphatic carbocycles. The Morgan fingerprint density at radius 1 is 0.774 bits per heavy atom. The van der Waals surface area contributed by atoms with Gasteiger partial charge in [-0.1, -0.05) is 66.7 Å². The molecule has 0 saturated carbocycles. The van der Waals surface area contributed by atoms with E-state index in [9.17, 15) is 0 Å². The fourth-order valence-corrected chi connectivity index (χ4v) is 4.41. The van der Waals surface area contributed by atoms with Crippen molar-refractivity contribution in [1.82, 2.24) is 4.98 Å². The van der Waals surface area contributed by atoms with E-state index in [4.69, 9.17) is 0 Å². The van der Waals surface area contributed by atoms with Crippen LogP contribution in [0.15, 0.2) is 97.1 Å². The number of para-hydroxylation sites is 1. The molecule has 1 aromatic heterocycles. The molecule has 5 aromatic rings. The van der Waals surface area contributed by atoms with E-state index in [2.05, 4.69) is 127 Å². The van der Waals surface area contributed by atoms with Gasteiger partial charge >= 0.3 is 0 Å². The summed E-state index contributed by atoms with van der Waals surface area (Å²) in [6.07, 6.45) is 4.29. The lowest BCUT2D eigenvalue weighted by atomic mass is 10.0. The molecule has 2 heteroatoms. The van der Waals surface area contributed by atoms with Gasteiger partial charge in [0.15, 0.2) is 0 Å². The van der Waals surface area contributed by atoms with Crippen LogP contribution in [0.4, 0.5) is 11.4 Å². The summed E-state index contributed by atoms with van der Waals surface area (Å²) < 4.78 is 0. The maximum Gasteiger partial charge on any atom is 0.0481 e. The number of H-pyrrole nitrogens is 1. The van der Waals surface area contributed by atoms with E-state index in [0.29, 0.717) is 0 Å². The number of fused-ring (bicyclic) bond motifs is 3. The van der Waals surface area contributed by atoms with Crippen molar-refractivity contribution in [2.45, 2.75) is 20.4 Å². The first-order chi connectivity index (χ1) is 15.2. The van der Waals surface area contributed by atoms with E-state index in [1.165, 1.54) is 49.9 Å². The van der Waals surface area contributed by atoms with Crippen molar-refractivity contribution in [3.05, 3.63) is 114 Å². The van der Waals surface area contributed by atoms with Gasteiger partial charge in [-0.25, -0.2) is 0 Å². The molecule has 0 aliphatic rings. The summed E-state index contributed by atoms with van der Waals surface area (Å²) in [7, 11) is 0. The molecule has 0 radical (unpaired) electrons. The van der Waals surface area contributed by atoms with E-state index in [1.54, 1.807) is 0 Å². The van der Waals surface area contributed by atoms with Gasteiger partial charge in [0.1, 0.15) is 0 Å². The predicted molar refractivity (Wildman–Crippen MR) is 134 cm³/mol. The van der Waals surface area contributed by atoms with Crippen LogP contribution < -0.4 is 4.90 Å². The molecule has 5 rings (SSSR count). The Morgan fingerprint density at radius 3 is 2.23 bits per heavy atom. The van der Waals surface area contributed by atoms with Gasteiger partial charge in [-0.05, 0) is 66.9 Å². The normalized spacial score (nSPS) is 11.5. The first-order valence-corrected chi connectivity index (χ1v) is 10.8. The van der Waals surface area contributed by atoms with Gasteiger partial charge in [0.2, 0.25) is 0 Å². The summed E-state index contributed by atoms with van der Waals surface area (Å²) in [5, 5.41) is 2.57. The van der Waals surface area contributed by atoms with E-state index >= 15 is 0 Å². The summed E-state index contributed by atoms with van der Waals surface area (Å²) in [6, 6.07) is 32.4. The third-order valence-electron chi connectivity index (χ3n) is 5.96. The second-order valence-corrected chi connectivity index (χ2v) is 7.96. The standard InChI is InChI=1S/C29H26N2/c1-3-10-23-15-17-28-29(21(23)2)26-19-25(16-18-27(26)30-28)31(24-13-8-5-9-14-24)20-22-11-6-4-7-12-22/h3-19,30H,20H2,1-2H3/b10-3-. The molecular formula is C29H26N2. The molecule has 152 valence electrons. The second kappa shape index (κ2) is 8.16. The molecule has 0 bridgehead atoms. The molecule has 0 fully saturated rings. The number of aromatic amines is 1. The van der Waals surface area contributed by atoms with Gasteiger partial charge < -0.3 is 9.88 Å². The van der Waals surface area contributed by atoms with Crippen LogP contribution >= 0.6 is 0 Å². The minimum atomic E-state index is 0.821. The summed E-state index contributed by atoms with van der Waals surface area (Å²) in [5.41, 5.74) is 8.62. The SMILES string of the molecule is C/C=C\c1ccc2[nH]c3ccc(N(Cc4ccccc4)c4ccccc4)cc3c2c1C. The van der Waals surface area contributed by atoms with Gasteiger partial charge in [-0.15, -0.1) is 0 Å². The van der Waals surface area contributed by atoms with E-state index in [0.717, 1.165) is 6.54 Å². The smallest absolute Gasteiger partial charge is 0.0481 e. The fraction of sp³-hybridized carbons (Fsp3) is 0.103. The molecule has 0 amide bonds. The lowest BCUT2D eigenvalue weighted by Gasteiger charge is -2.25. The summed E-state index contributed by atoms with van der Waals surface area (Å²) >= 11 is 0. The van der Waals surface area contributed by atoms with Crippen molar-refractivity contribution in [2.75, 3.05) is 4.90 Å². The van der Waals surface area contributed by atoms with Crippen molar-refractivity contribution in [3.63, 3.8) is 0 Å². The highest BCUT2D eigenvalue weighted by Crippen LogP contribution is 2.35. The number of hydrogen-bond acceptors (Lipinski definition) is 1. The van der Waals surface area contributed by atoms with Crippen LogP contribution in [-0.2, 0) is 6.54 Å². The minimum absolute atomic E-state index is 0.821. The number of nitrogens with zero attached hydrogens (tertiary/aromatic N) is 1. The summed E-state index contributed by atoms with van der Waals surface area (Å²) in [4.78, 5) is 5.99. The van der Waals surface area contributed by atoms with Crippen LogP contribution in [-0.4, -0.2) is 4.98 Å². The number of anilines is 2. The zero-order chi connectivity index (χ0) is 21.2. The number of aryl methyl sites for hydroxylation is 1.